The van der Waals surface area contributed by atoms with E-state index in [1.807, 2.05) is 6.92 Å². The maximum atomic E-state index is 13.5. The number of aromatic nitrogens is 2. The number of alkyl halides is 3. The SMILES string of the molecule is CCOC(=O)Cn1nc(C(F)(F)F)c2c1C1(SCCS1)[C@@H]1[C@H](C)[C@H]21. The summed E-state index contributed by atoms with van der Waals surface area (Å²) in [5.41, 5.74) is 0.112. The van der Waals surface area contributed by atoms with Crippen molar-refractivity contribution < 1.29 is 22.7 Å². The molecule has 1 saturated carbocycles. The molecule has 24 heavy (non-hydrogen) atoms. The molecular formula is C15H17F3N2O2S2. The van der Waals surface area contributed by atoms with E-state index in [9.17, 15) is 18.0 Å². The van der Waals surface area contributed by atoms with Crippen molar-refractivity contribution in [3.63, 3.8) is 0 Å². The Morgan fingerprint density at radius 3 is 2.67 bits per heavy atom. The van der Waals surface area contributed by atoms with Crippen LogP contribution in [0.3, 0.4) is 0 Å². The summed E-state index contributed by atoms with van der Waals surface area (Å²) in [4.78, 5) is 11.9. The summed E-state index contributed by atoms with van der Waals surface area (Å²) in [5.74, 6) is 1.62. The summed E-state index contributed by atoms with van der Waals surface area (Å²) in [6, 6.07) is 0. The van der Waals surface area contributed by atoms with Crippen LogP contribution >= 0.6 is 23.5 Å². The highest BCUT2D eigenvalue weighted by atomic mass is 32.2. The van der Waals surface area contributed by atoms with E-state index >= 15 is 0 Å². The molecule has 0 unspecified atom stereocenters. The predicted octanol–water partition coefficient (Wildman–Crippen LogP) is 3.46. The van der Waals surface area contributed by atoms with Gasteiger partial charge in [0, 0.05) is 17.1 Å². The lowest BCUT2D eigenvalue weighted by Crippen LogP contribution is -2.25. The third-order valence-electron chi connectivity index (χ3n) is 5.04. The largest absolute Gasteiger partial charge is 0.465 e. The van der Waals surface area contributed by atoms with E-state index in [0.29, 0.717) is 11.3 Å². The standard InChI is InChI=1S/C15H17F3N2O2S2/c1-3-22-8(21)6-20-13-10(12(19-20)15(16,17)18)9-7(2)11(9)14(13)23-4-5-24-14/h7,9,11H,3-6H2,1-2H3/t7-,9-,11-/m1/s1. The lowest BCUT2D eigenvalue weighted by molar-refractivity contribution is -0.146. The zero-order valence-electron chi connectivity index (χ0n) is 13.2. The first-order valence-electron chi connectivity index (χ1n) is 7.93. The predicted molar refractivity (Wildman–Crippen MR) is 85.9 cm³/mol. The number of halogens is 3. The molecule has 2 aliphatic carbocycles. The van der Waals surface area contributed by atoms with Gasteiger partial charge in [-0.25, -0.2) is 0 Å². The Morgan fingerprint density at radius 1 is 1.42 bits per heavy atom. The molecular weight excluding hydrogens is 361 g/mol. The lowest BCUT2D eigenvalue weighted by Gasteiger charge is -2.27. The third-order valence-corrected chi connectivity index (χ3v) is 8.61. The van der Waals surface area contributed by atoms with Gasteiger partial charge >= 0.3 is 12.1 Å². The molecule has 132 valence electrons. The van der Waals surface area contributed by atoms with Crippen molar-refractivity contribution >= 4 is 29.5 Å². The van der Waals surface area contributed by atoms with E-state index in [2.05, 4.69) is 5.10 Å². The molecule has 1 aromatic rings. The molecule has 0 N–H and O–H groups in total. The summed E-state index contributed by atoms with van der Waals surface area (Å²) in [5, 5.41) is 3.82. The van der Waals surface area contributed by atoms with Gasteiger partial charge < -0.3 is 4.74 Å². The monoisotopic (exact) mass is 378 g/mol. The van der Waals surface area contributed by atoms with E-state index in [0.717, 1.165) is 11.5 Å². The molecule has 3 aliphatic rings. The van der Waals surface area contributed by atoms with Crippen molar-refractivity contribution in [1.29, 1.82) is 0 Å². The average molecular weight is 378 g/mol. The van der Waals surface area contributed by atoms with Crippen molar-refractivity contribution in [2.75, 3.05) is 18.1 Å². The summed E-state index contributed by atoms with van der Waals surface area (Å²) in [6.07, 6.45) is -4.50. The molecule has 4 nitrogen and oxygen atoms in total. The van der Waals surface area contributed by atoms with Gasteiger partial charge in [0.25, 0.3) is 0 Å². The fraction of sp³-hybridized carbons (Fsp3) is 0.733. The number of hydrogen-bond donors (Lipinski definition) is 0. The Kier molecular flexibility index (Phi) is 3.69. The second-order valence-electron chi connectivity index (χ2n) is 6.35. The van der Waals surface area contributed by atoms with Crippen LogP contribution in [0, 0.1) is 11.8 Å². The van der Waals surface area contributed by atoms with Crippen molar-refractivity contribution in [1.82, 2.24) is 9.78 Å². The van der Waals surface area contributed by atoms with Gasteiger partial charge in [0.2, 0.25) is 0 Å². The van der Waals surface area contributed by atoms with Crippen LogP contribution in [0.4, 0.5) is 13.2 Å². The van der Waals surface area contributed by atoms with Crippen LogP contribution in [-0.4, -0.2) is 33.9 Å². The number of fused-ring (bicyclic) bond motifs is 5. The highest BCUT2D eigenvalue weighted by molar-refractivity contribution is 8.20. The summed E-state index contributed by atoms with van der Waals surface area (Å²) in [7, 11) is 0. The zero-order chi connectivity index (χ0) is 17.3. The number of rotatable bonds is 3. The molecule has 1 spiro atoms. The highest BCUT2D eigenvalue weighted by Crippen LogP contribution is 2.78. The molecule has 1 aromatic heterocycles. The number of hydrogen-bond acceptors (Lipinski definition) is 5. The first-order chi connectivity index (χ1) is 11.3. The first-order valence-corrected chi connectivity index (χ1v) is 9.90. The second-order valence-corrected chi connectivity index (χ2v) is 9.29. The Hall–Kier alpha value is -0.830. The van der Waals surface area contributed by atoms with Gasteiger partial charge in [0.1, 0.15) is 10.6 Å². The minimum atomic E-state index is -4.50. The van der Waals surface area contributed by atoms with Gasteiger partial charge in [-0.2, -0.15) is 18.3 Å². The van der Waals surface area contributed by atoms with Gasteiger partial charge in [-0.15, -0.1) is 23.5 Å². The number of carbonyl (C=O) groups is 1. The maximum Gasteiger partial charge on any atom is 0.435 e. The van der Waals surface area contributed by atoms with Crippen LogP contribution < -0.4 is 0 Å². The summed E-state index contributed by atoms with van der Waals surface area (Å²) in [6.45, 7) is 3.63. The summed E-state index contributed by atoms with van der Waals surface area (Å²) < 4.78 is 46.4. The smallest absolute Gasteiger partial charge is 0.435 e. The normalized spacial score (nSPS) is 29.6. The molecule has 1 saturated heterocycles. The van der Waals surface area contributed by atoms with Gasteiger partial charge in [0.15, 0.2) is 5.69 Å². The highest BCUT2D eigenvalue weighted by Gasteiger charge is 2.71. The minimum absolute atomic E-state index is 0.0920. The van der Waals surface area contributed by atoms with Gasteiger partial charge in [0.05, 0.1) is 12.3 Å². The molecule has 0 bridgehead atoms. The van der Waals surface area contributed by atoms with Crippen LogP contribution in [-0.2, 0) is 26.3 Å². The van der Waals surface area contributed by atoms with E-state index in [1.54, 1.807) is 30.4 Å². The van der Waals surface area contributed by atoms with Gasteiger partial charge in [-0.1, -0.05) is 6.92 Å². The van der Waals surface area contributed by atoms with Crippen LogP contribution in [0.1, 0.15) is 36.7 Å². The van der Waals surface area contributed by atoms with Crippen molar-refractivity contribution in [2.45, 2.75) is 36.6 Å². The molecule has 0 aromatic carbocycles. The fourth-order valence-electron chi connectivity index (χ4n) is 4.21. The van der Waals surface area contributed by atoms with Crippen molar-refractivity contribution in [3.05, 3.63) is 17.0 Å². The number of nitrogens with zero attached hydrogens (tertiary/aromatic N) is 2. The zero-order valence-corrected chi connectivity index (χ0v) is 14.9. The van der Waals surface area contributed by atoms with Crippen LogP contribution in [0.2, 0.25) is 0 Å². The average Bonchev–Trinajstić information content (AvgIpc) is 2.88. The molecule has 3 atom stereocenters. The number of thioether (sulfide) groups is 2. The molecule has 2 fully saturated rings. The number of carbonyl (C=O) groups excluding carboxylic acids is 1. The van der Waals surface area contributed by atoms with Crippen molar-refractivity contribution in [2.24, 2.45) is 11.8 Å². The Morgan fingerprint density at radius 2 is 2.08 bits per heavy atom. The van der Waals surface area contributed by atoms with Crippen LogP contribution in [0.25, 0.3) is 0 Å². The first kappa shape index (κ1) is 16.6. The Labute approximate surface area is 145 Å². The molecule has 9 heteroatoms. The Balaban J connectivity index is 1.84. The quantitative estimate of drug-likeness (QED) is 0.754. The van der Waals surface area contributed by atoms with Crippen molar-refractivity contribution in [3.8, 4) is 0 Å². The minimum Gasteiger partial charge on any atom is -0.465 e. The van der Waals surface area contributed by atoms with E-state index in [1.165, 1.54) is 4.68 Å². The number of esters is 1. The van der Waals surface area contributed by atoms with Crippen LogP contribution in [0.5, 0.6) is 0 Å². The third kappa shape index (κ3) is 2.16. The summed E-state index contributed by atoms with van der Waals surface area (Å²) >= 11 is 3.42. The molecule has 1 aliphatic heterocycles. The fourth-order valence-corrected chi connectivity index (χ4v) is 8.13. The maximum absolute atomic E-state index is 13.5. The molecule has 0 radical (unpaired) electrons. The topological polar surface area (TPSA) is 44.1 Å². The Bertz CT molecular complexity index is 698. The van der Waals surface area contributed by atoms with Gasteiger partial charge in [-0.3, -0.25) is 9.48 Å². The van der Waals surface area contributed by atoms with Gasteiger partial charge in [-0.05, 0) is 24.7 Å². The molecule has 0 amide bonds. The second kappa shape index (κ2) is 5.33. The molecule has 4 rings (SSSR count). The van der Waals surface area contributed by atoms with E-state index < -0.39 is 17.8 Å². The van der Waals surface area contributed by atoms with E-state index in [4.69, 9.17) is 4.74 Å². The van der Waals surface area contributed by atoms with Crippen LogP contribution in [0.15, 0.2) is 0 Å². The van der Waals surface area contributed by atoms with E-state index in [-0.39, 0.29) is 35.0 Å². The lowest BCUT2D eigenvalue weighted by atomic mass is 10.1. The molecule has 2 heterocycles. The number of ether oxygens (including phenoxy) is 1.